The van der Waals surface area contributed by atoms with Crippen LogP contribution < -0.4 is 4.90 Å². The molecule has 1 unspecified atom stereocenters. The van der Waals surface area contributed by atoms with Gasteiger partial charge < -0.3 is 4.90 Å². The summed E-state index contributed by atoms with van der Waals surface area (Å²) in [6, 6.07) is 2.24. The lowest BCUT2D eigenvalue weighted by Crippen LogP contribution is -2.41. The van der Waals surface area contributed by atoms with Gasteiger partial charge in [0.15, 0.2) is 0 Å². The van der Waals surface area contributed by atoms with Crippen molar-refractivity contribution in [2.75, 3.05) is 11.4 Å². The van der Waals surface area contributed by atoms with E-state index in [1.54, 1.807) is 4.90 Å². The van der Waals surface area contributed by atoms with Crippen LogP contribution in [0.5, 0.6) is 0 Å². The molecular formula is C12H12BrF2NO. The second-order valence-electron chi connectivity index (χ2n) is 4.25. The van der Waals surface area contributed by atoms with Crippen LogP contribution in [-0.2, 0) is 4.79 Å². The molecule has 92 valence electrons. The molecule has 17 heavy (non-hydrogen) atoms. The lowest BCUT2D eigenvalue weighted by atomic mass is 10.0. The number of hydrogen-bond donors (Lipinski definition) is 0. The second-order valence-corrected chi connectivity index (χ2v) is 5.11. The number of hydrogen-bond acceptors (Lipinski definition) is 2. The van der Waals surface area contributed by atoms with Crippen LogP contribution >= 0.6 is 15.9 Å². The Morgan fingerprint density at radius 3 is 2.71 bits per heavy atom. The van der Waals surface area contributed by atoms with Crippen molar-refractivity contribution in [2.24, 2.45) is 0 Å². The fourth-order valence-electron chi connectivity index (χ4n) is 2.10. The first-order chi connectivity index (χ1) is 7.99. The molecule has 0 radical (unpaired) electrons. The van der Waals surface area contributed by atoms with Crippen molar-refractivity contribution in [1.82, 2.24) is 0 Å². The molecule has 2 rings (SSSR count). The van der Waals surface area contributed by atoms with Gasteiger partial charge in [-0.05, 0) is 28.9 Å². The molecule has 1 aromatic carbocycles. The van der Waals surface area contributed by atoms with Crippen LogP contribution in [0.2, 0.25) is 0 Å². The Kier molecular flexibility index (Phi) is 3.47. The summed E-state index contributed by atoms with van der Waals surface area (Å²) in [7, 11) is 0. The van der Waals surface area contributed by atoms with Crippen LogP contribution in [0.25, 0.3) is 0 Å². The van der Waals surface area contributed by atoms with E-state index < -0.39 is 11.6 Å². The molecule has 1 saturated heterocycles. The Morgan fingerprint density at radius 2 is 2.06 bits per heavy atom. The van der Waals surface area contributed by atoms with Gasteiger partial charge in [-0.25, -0.2) is 8.78 Å². The van der Waals surface area contributed by atoms with E-state index in [0.717, 1.165) is 6.07 Å². The topological polar surface area (TPSA) is 20.3 Å². The summed E-state index contributed by atoms with van der Waals surface area (Å²) in [5, 5.41) is 0. The maximum absolute atomic E-state index is 13.7. The molecule has 0 bridgehead atoms. The van der Waals surface area contributed by atoms with Crippen molar-refractivity contribution in [3.63, 3.8) is 0 Å². The largest absolute Gasteiger partial charge is 0.366 e. The summed E-state index contributed by atoms with van der Waals surface area (Å²) in [6.07, 6.45) is 0.827. The van der Waals surface area contributed by atoms with E-state index >= 15 is 0 Å². The molecule has 1 aromatic rings. The summed E-state index contributed by atoms with van der Waals surface area (Å²) in [5.74, 6) is -1.02. The minimum Gasteiger partial charge on any atom is -0.366 e. The van der Waals surface area contributed by atoms with E-state index in [-0.39, 0.29) is 16.3 Å². The van der Waals surface area contributed by atoms with Gasteiger partial charge in [-0.2, -0.15) is 0 Å². The van der Waals surface area contributed by atoms with Gasteiger partial charge in [0.2, 0.25) is 0 Å². The molecule has 1 aliphatic heterocycles. The lowest BCUT2D eigenvalue weighted by molar-refractivity contribution is -0.120. The molecule has 0 saturated carbocycles. The van der Waals surface area contributed by atoms with Gasteiger partial charge in [0.25, 0.3) is 0 Å². The number of halogens is 3. The number of carbonyl (C=O) groups excluding carboxylic acids is 1. The Morgan fingerprint density at radius 1 is 1.35 bits per heavy atom. The van der Waals surface area contributed by atoms with E-state index in [1.807, 2.05) is 6.92 Å². The summed E-state index contributed by atoms with van der Waals surface area (Å²) >= 11 is 3.04. The van der Waals surface area contributed by atoms with Crippen LogP contribution in [0.4, 0.5) is 14.5 Å². The Balaban J connectivity index is 2.34. The first kappa shape index (κ1) is 12.5. The average molecular weight is 304 g/mol. The molecule has 5 heteroatoms. The van der Waals surface area contributed by atoms with E-state index in [4.69, 9.17) is 0 Å². The number of Topliss-reactive ketones (excluding diaryl/α,β-unsaturated/α-hetero) is 1. The predicted octanol–water partition coefficient (Wildman–Crippen LogP) is 3.29. The van der Waals surface area contributed by atoms with E-state index in [2.05, 4.69) is 15.9 Å². The van der Waals surface area contributed by atoms with Gasteiger partial charge in [-0.15, -0.1) is 0 Å². The molecule has 1 atom stereocenters. The van der Waals surface area contributed by atoms with Crippen molar-refractivity contribution < 1.29 is 13.6 Å². The number of ketones is 1. The van der Waals surface area contributed by atoms with Gasteiger partial charge >= 0.3 is 0 Å². The van der Waals surface area contributed by atoms with Crippen LogP contribution in [0.15, 0.2) is 16.6 Å². The zero-order valence-electron chi connectivity index (χ0n) is 9.34. The van der Waals surface area contributed by atoms with Crippen molar-refractivity contribution >= 4 is 27.4 Å². The van der Waals surface area contributed by atoms with Crippen molar-refractivity contribution in [3.05, 3.63) is 28.2 Å². The fraction of sp³-hybridized carbons (Fsp3) is 0.417. The minimum atomic E-state index is -0.619. The van der Waals surface area contributed by atoms with Crippen molar-refractivity contribution in [2.45, 2.75) is 25.8 Å². The molecule has 1 fully saturated rings. The monoisotopic (exact) mass is 303 g/mol. The third kappa shape index (κ3) is 2.49. The Labute approximate surface area is 107 Å². The number of nitrogens with zero attached hydrogens (tertiary/aromatic N) is 1. The Hall–Kier alpha value is -0.970. The van der Waals surface area contributed by atoms with Crippen molar-refractivity contribution in [1.29, 1.82) is 0 Å². The quantitative estimate of drug-likeness (QED) is 0.742. The molecule has 0 spiro atoms. The van der Waals surface area contributed by atoms with E-state index in [9.17, 15) is 13.6 Å². The third-order valence-corrected chi connectivity index (χ3v) is 3.59. The third-order valence-electron chi connectivity index (χ3n) is 2.99. The number of carbonyl (C=O) groups is 1. The van der Waals surface area contributed by atoms with Gasteiger partial charge in [-0.3, -0.25) is 4.79 Å². The average Bonchev–Trinajstić information content (AvgIpc) is 2.24. The van der Waals surface area contributed by atoms with E-state index in [0.29, 0.717) is 25.1 Å². The number of benzene rings is 1. The first-order valence-corrected chi connectivity index (χ1v) is 6.21. The zero-order valence-corrected chi connectivity index (χ0v) is 10.9. The van der Waals surface area contributed by atoms with Gasteiger partial charge in [0.1, 0.15) is 17.4 Å². The molecule has 0 N–H and O–H groups in total. The molecule has 1 heterocycles. The molecule has 1 aliphatic rings. The normalized spacial score (nSPS) is 20.8. The SMILES string of the molecule is CC1CC(=O)CCN1c1cc(Br)c(F)cc1F. The first-order valence-electron chi connectivity index (χ1n) is 5.42. The number of anilines is 1. The maximum Gasteiger partial charge on any atom is 0.149 e. The lowest BCUT2D eigenvalue weighted by Gasteiger charge is -2.35. The zero-order chi connectivity index (χ0) is 12.6. The highest BCUT2D eigenvalue weighted by Gasteiger charge is 2.26. The number of piperidine rings is 1. The van der Waals surface area contributed by atoms with Gasteiger partial charge in [0, 0.05) is 31.5 Å². The summed E-state index contributed by atoms with van der Waals surface area (Å²) < 4.78 is 27.1. The van der Waals surface area contributed by atoms with E-state index in [1.165, 1.54) is 6.07 Å². The van der Waals surface area contributed by atoms with Crippen LogP contribution in [0, 0.1) is 11.6 Å². The minimum absolute atomic E-state index is 0.0527. The molecule has 0 aliphatic carbocycles. The molecule has 0 amide bonds. The molecule has 0 aromatic heterocycles. The maximum atomic E-state index is 13.7. The van der Waals surface area contributed by atoms with Crippen LogP contribution in [0.3, 0.4) is 0 Å². The molecule has 2 nitrogen and oxygen atoms in total. The molecular weight excluding hydrogens is 292 g/mol. The standard InChI is InChI=1S/C12H12BrF2NO/c1-7-4-8(17)2-3-16(7)12-5-9(13)10(14)6-11(12)15/h5-7H,2-4H2,1H3. The highest BCUT2D eigenvalue weighted by atomic mass is 79.9. The Bertz CT molecular complexity index is 464. The smallest absolute Gasteiger partial charge is 0.149 e. The van der Waals surface area contributed by atoms with Crippen LogP contribution in [-0.4, -0.2) is 18.4 Å². The second kappa shape index (κ2) is 4.72. The van der Waals surface area contributed by atoms with Gasteiger partial charge in [-0.1, -0.05) is 0 Å². The number of rotatable bonds is 1. The van der Waals surface area contributed by atoms with Gasteiger partial charge in [0.05, 0.1) is 10.2 Å². The highest BCUT2D eigenvalue weighted by molar-refractivity contribution is 9.10. The van der Waals surface area contributed by atoms with Crippen LogP contribution in [0.1, 0.15) is 19.8 Å². The summed E-state index contributed by atoms with van der Waals surface area (Å²) in [4.78, 5) is 13.1. The predicted molar refractivity (Wildman–Crippen MR) is 65.1 cm³/mol. The fourth-order valence-corrected chi connectivity index (χ4v) is 2.43. The summed E-state index contributed by atoms with van der Waals surface area (Å²) in [6.45, 7) is 2.35. The van der Waals surface area contributed by atoms with Crippen molar-refractivity contribution in [3.8, 4) is 0 Å². The highest BCUT2D eigenvalue weighted by Crippen LogP contribution is 2.30. The summed E-state index contributed by atoms with van der Waals surface area (Å²) in [5.41, 5.74) is 0.346.